The second-order valence-corrected chi connectivity index (χ2v) is 5.97. The third-order valence-electron chi connectivity index (χ3n) is 2.76. The summed E-state index contributed by atoms with van der Waals surface area (Å²) in [5, 5.41) is 3.58. The van der Waals surface area contributed by atoms with Gasteiger partial charge < -0.3 is 4.74 Å². The number of thiazole rings is 1. The third-order valence-corrected chi connectivity index (χ3v) is 4.05. The summed E-state index contributed by atoms with van der Waals surface area (Å²) in [5.41, 5.74) is 1.35. The highest BCUT2D eigenvalue weighted by Crippen LogP contribution is 2.23. The van der Waals surface area contributed by atoms with Crippen molar-refractivity contribution in [1.29, 1.82) is 0 Å². The number of aromatic nitrogens is 1. The van der Waals surface area contributed by atoms with Gasteiger partial charge in [-0.1, -0.05) is 35.1 Å². The molecule has 1 aromatic heterocycles. The van der Waals surface area contributed by atoms with Crippen molar-refractivity contribution in [2.24, 2.45) is 0 Å². The Bertz CT molecular complexity index is 756. The van der Waals surface area contributed by atoms with Gasteiger partial charge in [0.25, 0.3) is 0 Å². The molecule has 1 N–H and O–H groups in total. The van der Waals surface area contributed by atoms with Gasteiger partial charge in [-0.3, -0.25) is 10.1 Å². The van der Waals surface area contributed by atoms with Crippen molar-refractivity contribution >= 4 is 46.0 Å². The maximum atomic E-state index is 11.9. The number of nitrogens with zero attached hydrogens (tertiary/aromatic N) is 1. The summed E-state index contributed by atoms with van der Waals surface area (Å²) in [6.45, 7) is 3.72. The first-order valence-corrected chi connectivity index (χ1v) is 8.08. The molecule has 1 heterocycles. The van der Waals surface area contributed by atoms with E-state index in [1.165, 1.54) is 6.08 Å². The van der Waals surface area contributed by atoms with Gasteiger partial charge in [-0.25, -0.2) is 9.78 Å². The molecular weight excluding hydrogens is 336 g/mol. The molecule has 0 unspecified atom stereocenters. The Morgan fingerprint density at radius 3 is 2.91 bits per heavy atom. The van der Waals surface area contributed by atoms with Gasteiger partial charge in [-0.2, -0.15) is 0 Å². The van der Waals surface area contributed by atoms with Crippen molar-refractivity contribution in [1.82, 2.24) is 4.98 Å². The zero-order valence-electron chi connectivity index (χ0n) is 12.6. The first kappa shape index (κ1) is 17.2. The largest absolute Gasteiger partial charge is 0.462 e. The second kappa shape index (κ2) is 7.89. The monoisotopic (exact) mass is 350 g/mol. The molecule has 2 rings (SSSR count). The van der Waals surface area contributed by atoms with Gasteiger partial charge in [-0.05, 0) is 37.6 Å². The van der Waals surface area contributed by atoms with Gasteiger partial charge in [0.1, 0.15) is 4.88 Å². The van der Waals surface area contributed by atoms with Crippen LogP contribution < -0.4 is 5.32 Å². The van der Waals surface area contributed by atoms with Crippen molar-refractivity contribution in [3.63, 3.8) is 0 Å². The van der Waals surface area contributed by atoms with Crippen molar-refractivity contribution in [2.45, 2.75) is 13.8 Å². The fourth-order valence-corrected chi connectivity index (χ4v) is 2.83. The number of aryl methyl sites for hydroxylation is 1. The number of rotatable bonds is 5. The number of nitrogens with one attached hydrogen (secondary N) is 1. The maximum Gasteiger partial charge on any atom is 0.350 e. The van der Waals surface area contributed by atoms with E-state index >= 15 is 0 Å². The normalized spacial score (nSPS) is 10.7. The molecule has 0 fully saturated rings. The van der Waals surface area contributed by atoms with E-state index in [4.69, 9.17) is 16.3 Å². The summed E-state index contributed by atoms with van der Waals surface area (Å²) >= 11 is 6.97. The predicted octanol–water partition coefficient (Wildman–Crippen LogP) is 3.93. The number of ether oxygens (including phenoxy) is 1. The summed E-state index contributed by atoms with van der Waals surface area (Å²) in [6.07, 6.45) is 3.03. The molecule has 0 radical (unpaired) electrons. The number of amides is 1. The summed E-state index contributed by atoms with van der Waals surface area (Å²) in [5.74, 6) is -0.772. The number of carbonyl (C=O) groups excluding carboxylic acids is 2. The van der Waals surface area contributed by atoms with E-state index < -0.39 is 5.97 Å². The van der Waals surface area contributed by atoms with E-state index in [-0.39, 0.29) is 5.91 Å². The molecule has 0 aliphatic carbocycles. The van der Waals surface area contributed by atoms with Crippen LogP contribution in [-0.4, -0.2) is 23.5 Å². The molecule has 23 heavy (non-hydrogen) atoms. The molecule has 1 amide bonds. The Kier molecular flexibility index (Phi) is 5.90. The third kappa shape index (κ3) is 4.91. The SMILES string of the molecule is CCOC(=O)c1sc(NC(=O)C=Cc2cccc(Cl)c2)nc1C. The number of esters is 1. The first-order chi connectivity index (χ1) is 11.0. The van der Waals surface area contributed by atoms with Crippen LogP contribution >= 0.6 is 22.9 Å². The van der Waals surface area contributed by atoms with E-state index in [0.29, 0.717) is 27.3 Å². The van der Waals surface area contributed by atoms with Crippen LogP contribution in [0.1, 0.15) is 27.9 Å². The van der Waals surface area contributed by atoms with E-state index in [1.807, 2.05) is 6.07 Å². The van der Waals surface area contributed by atoms with Crippen LogP contribution in [0.15, 0.2) is 30.3 Å². The molecule has 0 atom stereocenters. The van der Waals surface area contributed by atoms with E-state index in [0.717, 1.165) is 16.9 Å². The molecule has 2 aromatic rings. The van der Waals surface area contributed by atoms with Crippen LogP contribution in [0, 0.1) is 6.92 Å². The van der Waals surface area contributed by atoms with Crippen LogP contribution in [-0.2, 0) is 9.53 Å². The van der Waals surface area contributed by atoms with Gasteiger partial charge in [0.2, 0.25) is 5.91 Å². The average molecular weight is 351 g/mol. The molecule has 5 nitrogen and oxygen atoms in total. The molecule has 0 spiro atoms. The van der Waals surface area contributed by atoms with Gasteiger partial charge in [0.05, 0.1) is 12.3 Å². The lowest BCUT2D eigenvalue weighted by Gasteiger charge is -1.98. The Hall–Kier alpha value is -2.18. The highest BCUT2D eigenvalue weighted by molar-refractivity contribution is 7.17. The smallest absolute Gasteiger partial charge is 0.350 e. The fraction of sp³-hybridized carbons (Fsp3) is 0.188. The first-order valence-electron chi connectivity index (χ1n) is 6.88. The van der Waals surface area contributed by atoms with Crippen LogP contribution in [0.5, 0.6) is 0 Å². The molecule has 7 heteroatoms. The second-order valence-electron chi connectivity index (χ2n) is 4.53. The van der Waals surface area contributed by atoms with Crippen LogP contribution in [0.4, 0.5) is 5.13 Å². The molecular formula is C16H15ClN2O3S. The van der Waals surface area contributed by atoms with Gasteiger partial charge in [0, 0.05) is 11.1 Å². The Morgan fingerprint density at radius 1 is 1.43 bits per heavy atom. The Labute approximate surface area is 143 Å². The highest BCUT2D eigenvalue weighted by atomic mass is 35.5. The molecule has 1 aromatic carbocycles. The van der Waals surface area contributed by atoms with Crippen molar-refractivity contribution < 1.29 is 14.3 Å². The summed E-state index contributed by atoms with van der Waals surface area (Å²) in [7, 11) is 0. The summed E-state index contributed by atoms with van der Waals surface area (Å²) in [4.78, 5) is 28.2. The lowest BCUT2D eigenvalue weighted by atomic mass is 10.2. The van der Waals surface area contributed by atoms with E-state index in [9.17, 15) is 9.59 Å². The number of halogens is 1. The molecule has 0 aliphatic heterocycles. The average Bonchev–Trinajstić information content (AvgIpc) is 2.86. The minimum Gasteiger partial charge on any atom is -0.462 e. The minimum atomic E-state index is -0.433. The Balaban J connectivity index is 2.03. The van der Waals surface area contributed by atoms with Crippen LogP contribution in [0.25, 0.3) is 6.08 Å². The lowest BCUT2D eigenvalue weighted by molar-refractivity contribution is -0.111. The maximum absolute atomic E-state index is 11.9. The zero-order chi connectivity index (χ0) is 16.8. The summed E-state index contributed by atoms with van der Waals surface area (Å²) < 4.78 is 4.94. The van der Waals surface area contributed by atoms with E-state index in [1.54, 1.807) is 38.1 Å². The van der Waals surface area contributed by atoms with Crippen molar-refractivity contribution in [3.8, 4) is 0 Å². The number of hydrogen-bond acceptors (Lipinski definition) is 5. The molecule has 0 bridgehead atoms. The van der Waals surface area contributed by atoms with Crippen molar-refractivity contribution in [3.05, 3.63) is 51.5 Å². The zero-order valence-corrected chi connectivity index (χ0v) is 14.2. The van der Waals surface area contributed by atoms with Crippen molar-refractivity contribution in [2.75, 3.05) is 11.9 Å². The molecule has 0 saturated carbocycles. The van der Waals surface area contributed by atoms with Crippen LogP contribution in [0.2, 0.25) is 5.02 Å². The molecule has 0 saturated heterocycles. The van der Waals surface area contributed by atoms with E-state index in [2.05, 4.69) is 10.3 Å². The van der Waals surface area contributed by atoms with Crippen LogP contribution in [0.3, 0.4) is 0 Å². The number of carbonyl (C=O) groups is 2. The molecule has 120 valence electrons. The number of hydrogen-bond donors (Lipinski definition) is 1. The molecule has 0 aliphatic rings. The lowest BCUT2D eigenvalue weighted by Crippen LogP contribution is -2.07. The minimum absolute atomic E-state index is 0.292. The number of benzene rings is 1. The highest BCUT2D eigenvalue weighted by Gasteiger charge is 2.16. The fourth-order valence-electron chi connectivity index (χ4n) is 1.77. The number of anilines is 1. The van der Waals surface area contributed by atoms with Gasteiger partial charge in [-0.15, -0.1) is 0 Å². The summed E-state index contributed by atoms with van der Waals surface area (Å²) in [6, 6.07) is 7.14. The van der Waals surface area contributed by atoms with Gasteiger partial charge >= 0.3 is 5.97 Å². The standard InChI is InChI=1S/C16H15ClN2O3S/c1-3-22-15(21)14-10(2)18-16(23-14)19-13(20)8-7-11-5-4-6-12(17)9-11/h4-9H,3H2,1-2H3,(H,18,19,20). The van der Waals surface area contributed by atoms with Gasteiger partial charge in [0.15, 0.2) is 5.13 Å². The topological polar surface area (TPSA) is 68.3 Å². The quantitative estimate of drug-likeness (QED) is 0.655. The Morgan fingerprint density at radius 2 is 2.22 bits per heavy atom. The predicted molar refractivity (Wildman–Crippen MR) is 91.9 cm³/mol.